The summed E-state index contributed by atoms with van der Waals surface area (Å²) in [6.07, 6.45) is 4.36. The molecule has 3 rings (SSSR count). The number of rotatable bonds is 3. The second kappa shape index (κ2) is 6.20. The normalized spacial score (nSPS) is 23.0. The molecule has 2 fully saturated rings. The van der Waals surface area contributed by atoms with E-state index in [9.17, 15) is 14.7 Å². The third-order valence-corrected chi connectivity index (χ3v) is 4.74. The first-order valence-corrected chi connectivity index (χ1v) is 7.92. The summed E-state index contributed by atoms with van der Waals surface area (Å²) in [4.78, 5) is 26.0. The van der Waals surface area contributed by atoms with Crippen molar-refractivity contribution in [1.82, 2.24) is 4.90 Å². The second-order valence-electron chi connectivity index (χ2n) is 6.08. The summed E-state index contributed by atoms with van der Waals surface area (Å²) >= 11 is 0. The highest BCUT2D eigenvalue weighted by Gasteiger charge is 2.53. The van der Waals surface area contributed by atoms with Gasteiger partial charge < -0.3 is 14.6 Å². The minimum absolute atomic E-state index is 0.0528. The van der Waals surface area contributed by atoms with E-state index in [-0.39, 0.29) is 12.5 Å². The van der Waals surface area contributed by atoms with Crippen LogP contribution in [0.4, 0.5) is 0 Å². The fourth-order valence-electron chi connectivity index (χ4n) is 3.53. The van der Waals surface area contributed by atoms with E-state index in [2.05, 4.69) is 0 Å². The van der Waals surface area contributed by atoms with E-state index in [1.807, 2.05) is 0 Å². The van der Waals surface area contributed by atoms with Crippen LogP contribution in [-0.4, -0.2) is 47.4 Å². The molecule has 0 unspecified atom stereocenters. The molecule has 1 amide bonds. The molecule has 0 aromatic heterocycles. The average molecular weight is 319 g/mol. The zero-order chi connectivity index (χ0) is 16.4. The van der Waals surface area contributed by atoms with Crippen molar-refractivity contribution in [2.24, 2.45) is 0 Å². The van der Waals surface area contributed by atoms with E-state index in [4.69, 9.17) is 9.47 Å². The molecule has 1 aromatic carbocycles. The van der Waals surface area contributed by atoms with E-state index in [0.29, 0.717) is 24.2 Å². The lowest BCUT2D eigenvalue weighted by atomic mass is 9.89. The Morgan fingerprint density at radius 1 is 1.22 bits per heavy atom. The van der Waals surface area contributed by atoms with Crippen LogP contribution in [0.2, 0.25) is 0 Å². The Morgan fingerprint density at radius 3 is 2.43 bits per heavy atom. The van der Waals surface area contributed by atoms with Crippen LogP contribution in [0.1, 0.15) is 42.5 Å². The fourth-order valence-corrected chi connectivity index (χ4v) is 3.53. The molecule has 1 N–H and O–H groups in total. The van der Waals surface area contributed by atoms with Crippen LogP contribution in [0.5, 0.6) is 5.75 Å². The zero-order valence-electron chi connectivity index (χ0n) is 13.2. The number of hydrogen-bond acceptors (Lipinski definition) is 4. The van der Waals surface area contributed by atoms with Gasteiger partial charge in [-0.3, -0.25) is 9.69 Å². The van der Waals surface area contributed by atoms with Crippen LogP contribution in [0, 0.1) is 0 Å². The summed E-state index contributed by atoms with van der Waals surface area (Å²) < 4.78 is 11.0. The Morgan fingerprint density at radius 2 is 1.87 bits per heavy atom. The number of carboxylic acid groups (broad SMARTS) is 1. The molecule has 0 radical (unpaired) electrons. The highest BCUT2D eigenvalue weighted by molar-refractivity contribution is 5.97. The summed E-state index contributed by atoms with van der Waals surface area (Å²) in [6.45, 7) is 0.0528. The van der Waals surface area contributed by atoms with Gasteiger partial charge in [-0.2, -0.15) is 0 Å². The Balaban J connectivity index is 1.93. The predicted molar refractivity (Wildman–Crippen MR) is 82.4 cm³/mol. The number of carboxylic acids is 1. The highest BCUT2D eigenvalue weighted by atomic mass is 16.5. The van der Waals surface area contributed by atoms with Gasteiger partial charge in [0.05, 0.1) is 13.7 Å². The molecule has 2 aliphatic rings. The molecule has 1 aliphatic heterocycles. The molecule has 1 aliphatic carbocycles. The van der Waals surface area contributed by atoms with Gasteiger partial charge in [-0.25, -0.2) is 4.79 Å². The van der Waals surface area contributed by atoms with E-state index >= 15 is 0 Å². The van der Waals surface area contributed by atoms with Gasteiger partial charge in [-0.1, -0.05) is 6.42 Å². The number of nitrogens with zero attached hydrogens (tertiary/aromatic N) is 1. The maximum atomic E-state index is 13.0. The molecule has 1 saturated heterocycles. The first kappa shape index (κ1) is 15.8. The molecule has 0 bridgehead atoms. The van der Waals surface area contributed by atoms with Crippen molar-refractivity contribution < 1.29 is 24.2 Å². The van der Waals surface area contributed by atoms with E-state index < -0.39 is 17.7 Å². The van der Waals surface area contributed by atoms with Crippen molar-refractivity contribution >= 4 is 11.9 Å². The number of amides is 1. The van der Waals surface area contributed by atoms with E-state index in [0.717, 1.165) is 19.3 Å². The van der Waals surface area contributed by atoms with Crippen molar-refractivity contribution in [1.29, 1.82) is 0 Å². The summed E-state index contributed by atoms with van der Waals surface area (Å²) in [5, 5.41) is 9.48. The Kier molecular flexibility index (Phi) is 4.26. The number of methoxy groups -OCH3 is 1. The van der Waals surface area contributed by atoms with Gasteiger partial charge in [0.25, 0.3) is 5.91 Å². The molecule has 1 heterocycles. The van der Waals surface area contributed by atoms with Gasteiger partial charge in [0.15, 0.2) is 6.04 Å². The molecule has 1 spiro atoms. The molecule has 6 nitrogen and oxygen atoms in total. The fraction of sp³-hybridized carbons (Fsp3) is 0.529. The zero-order valence-corrected chi connectivity index (χ0v) is 13.2. The van der Waals surface area contributed by atoms with Crippen LogP contribution >= 0.6 is 0 Å². The molecule has 23 heavy (non-hydrogen) atoms. The number of carbonyl (C=O) groups is 2. The van der Waals surface area contributed by atoms with Crippen LogP contribution in [-0.2, 0) is 9.53 Å². The molecular formula is C17H21NO5. The summed E-state index contributed by atoms with van der Waals surface area (Å²) in [5.74, 6) is -0.657. The highest BCUT2D eigenvalue weighted by Crippen LogP contribution is 2.41. The Bertz CT molecular complexity index is 592. The quantitative estimate of drug-likeness (QED) is 0.925. The molecule has 1 saturated carbocycles. The van der Waals surface area contributed by atoms with Gasteiger partial charge in [-0.05, 0) is 49.9 Å². The van der Waals surface area contributed by atoms with Crippen molar-refractivity contribution in [2.45, 2.75) is 43.9 Å². The Hall–Kier alpha value is -2.08. The lowest BCUT2D eigenvalue weighted by molar-refractivity contribution is -0.143. The molecule has 1 atom stereocenters. The van der Waals surface area contributed by atoms with Gasteiger partial charge >= 0.3 is 5.97 Å². The minimum Gasteiger partial charge on any atom is -0.497 e. The van der Waals surface area contributed by atoms with Crippen molar-refractivity contribution in [3.63, 3.8) is 0 Å². The first-order valence-electron chi connectivity index (χ1n) is 7.92. The Labute approximate surface area is 135 Å². The minimum atomic E-state index is -1.02. The first-order chi connectivity index (χ1) is 11.1. The summed E-state index contributed by atoms with van der Waals surface area (Å²) in [5.41, 5.74) is -0.314. The summed E-state index contributed by atoms with van der Waals surface area (Å²) in [7, 11) is 1.56. The number of carbonyl (C=O) groups excluding carboxylic acids is 1. The maximum absolute atomic E-state index is 13.0. The van der Waals surface area contributed by atoms with Crippen molar-refractivity contribution in [2.75, 3.05) is 13.7 Å². The SMILES string of the molecule is COc1ccc(C(=O)N2[C@H](C(=O)O)COC23CCCCC3)cc1. The van der Waals surface area contributed by atoms with Crippen LogP contribution in [0.25, 0.3) is 0 Å². The number of aliphatic carboxylic acids is 1. The molecule has 6 heteroatoms. The van der Waals surface area contributed by atoms with Crippen molar-refractivity contribution in [3.05, 3.63) is 29.8 Å². The smallest absolute Gasteiger partial charge is 0.328 e. The van der Waals surface area contributed by atoms with Crippen LogP contribution in [0.3, 0.4) is 0 Å². The van der Waals surface area contributed by atoms with Gasteiger partial charge in [-0.15, -0.1) is 0 Å². The van der Waals surface area contributed by atoms with Crippen LogP contribution in [0.15, 0.2) is 24.3 Å². The molecule has 124 valence electrons. The molecular weight excluding hydrogens is 298 g/mol. The lowest BCUT2D eigenvalue weighted by Gasteiger charge is -2.41. The average Bonchev–Trinajstić information content (AvgIpc) is 2.94. The number of hydrogen-bond donors (Lipinski definition) is 1. The van der Waals surface area contributed by atoms with Gasteiger partial charge in [0, 0.05) is 5.56 Å². The lowest BCUT2D eigenvalue weighted by Crippen LogP contribution is -2.54. The number of benzene rings is 1. The van der Waals surface area contributed by atoms with Crippen LogP contribution < -0.4 is 4.74 Å². The van der Waals surface area contributed by atoms with Gasteiger partial charge in [0.2, 0.25) is 0 Å². The number of ether oxygens (including phenoxy) is 2. The van der Waals surface area contributed by atoms with Gasteiger partial charge in [0.1, 0.15) is 11.5 Å². The third kappa shape index (κ3) is 2.79. The second-order valence-corrected chi connectivity index (χ2v) is 6.08. The van der Waals surface area contributed by atoms with E-state index in [1.165, 1.54) is 4.90 Å². The molecule has 1 aromatic rings. The topological polar surface area (TPSA) is 76.1 Å². The largest absolute Gasteiger partial charge is 0.497 e. The standard InChI is InChI=1S/C17H21NO5/c1-22-13-7-5-12(6-8-13)15(19)18-14(16(20)21)11-23-17(18)9-3-2-4-10-17/h5-8,14H,2-4,9-11H2,1H3,(H,20,21)/t14-/m0/s1. The van der Waals surface area contributed by atoms with Crippen molar-refractivity contribution in [3.8, 4) is 5.75 Å². The third-order valence-electron chi connectivity index (χ3n) is 4.74. The van der Waals surface area contributed by atoms with E-state index in [1.54, 1.807) is 31.4 Å². The summed E-state index contributed by atoms with van der Waals surface area (Å²) in [6, 6.07) is 5.80. The monoisotopic (exact) mass is 319 g/mol. The predicted octanol–water partition coefficient (Wildman–Crippen LogP) is 2.28. The maximum Gasteiger partial charge on any atom is 0.328 e.